The lowest BCUT2D eigenvalue weighted by Gasteiger charge is -2.21. The Kier molecular flexibility index (Phi) is 4.83. The first-order valence-electron chi connectivity index (χ1n) is 6.90. The molecule has 1 aromatic heterocycles. The summed E-state index contributed by atoms with van der Waals surface area (Å²) in [6.07, 6.45) is 2.62. The molecule has 5 nitrogen and oxygen atoms in total. The van der Waals surface area contributed by atoms with Crippen molar-refractivity contribution in [3.05, 3.63) is 23.4 Å². The molecule has 1 amide bonds. The Morgan fingerprint density at radius 1 is 1.60 bits per heavy atom. The molecule has 110 valence electrons. The van der Waals surface area contributed by atoms with Crippen LogP contribution >= 0.6 is 11.6 Å². The summed E-state index contributed by atoms with van der Waals surface area (Å²) < 4.78 is 0. The molecule has 3 unspecified atom stereocenters. The van der Waals surface area contributed by atoms with Crippen LogP contribution in [0, 0.1) is 5.92 Å². The van der Waals surface area contributed by atoms with Crippen LogP contribution in [0.25, 0.3) is 0 Å². The summed E-state index contributed by atoms with van der Waals surface area (Å²) in [5, 5.41) is 3.69. The Morgan fingerprint density at radius 3 is 3.00 bits per heavy atom. The van der Waals surface area contributed by atoms with Crippen molar-refractivity contribution < 1.29 is 4.79 Å². The van der Waals surface area contributed by atoms with Gasteiger partial charge in [0.15, 0.2) is 0 Å². The summed E-state index contributed by atoms with van der Waals surface area (Å²) >= 11 is 6.14. The molecule has 0 saturated carbocycles. The average Bonchev–Trinajstić information content (AvgIpc) is 2.86. The molecular weight excluding hydrogens is 276 g/mol. The fraction of sp³-hybridized carbons (Fsp3) is 0.571. The smallest absolute Gasteiger partial charge is 0.224 e. The minimum atomic E-state index is -0.178. The number of hydrogen-bond donors (Lipinski definition) is 2. The van der Waals surface area contributed by atoms with Gasteiger partial charge in [0.1, 0.15) is 5.82 Å². The molecule has 0 radical (unpaired) electrons. The van der Waals surface area contributed by atoms with Gasteiger partial charge < -0.3 is 16.0 Å². The zero-order valence-electron chi connectivity index (χ0n) is 11.8. The predicted octanol–water partition coefficient (Wildman–Crippen LogP) is 1.41. The van der Waals surface area contributed by atoms with Gasteiger partial charge in [-0.2, -0.15) is 0 Å². The normalized spacial score (nSPS) is 21.6. The zero-order valence-corrected chi connectivity index (χ0v) is 12.6. The van der Waals surface area contributed by atoms with Crippen LogP contribution in [0.5, 0.6) is 0 Å². The van der Waals surface area contributed by atoms with Gasteiger partial charge in [-0.3, -0.25) is 4.79 Å². The van der Waals surface area contributed by atoms with Gasteiger partial charge in [0.25, 0.3) is 0 Å². The van der Waals surface area contributed by atoms with E-state index in [0.29, 0.717) is 5.02 Å². The quantitative estimate of drug-likeness (QED) is 0.881. The number of pyridine rings is 1. The van der Waals surface area contributed by atoms with Crippen molar-refractivity contribution >= 4 is 23.3 Å². The molecule has 3 N–H and O–H groups in total. The van der Waals surface area contributed by atoms with Crippen molar-refractivity contribution in [1.82, 2.24) is 10.3 Å². The van der Waals surface area contributed by atoms with Gasteiger partial charge in [-0.25, -0.2) is 4.98 Å². The lowest BCUT2D eigenvalue weighted by atomic mass is 10.0. The molecule has 1 aromatic rings. The van der Waals surface area contributed by atoms with E-state index in [2.05, 4.69) is 15.2 Å². The standard InChI is InChI=1S/C14H21ClN4O/c1-9(10(2)16)14(20)18-11-5-7-19(8-11)13-12(15)4-3-6-17-13/h3-4,6,9-11H,5,7-8,16H2,1-2H3,(H,18,20). The van der Waals surface area contributed by atoms with E-state index in [1.807, 2.05) is 26.0 Å². The van der Waals surface area contributed by atoms with Gasteiger partial charge in [0, 0.05) is 37.3 Å². The highest BCUT2D eigenvalue weighted by Gasteiger charge is 2.27. The minimum absolute atomic E-state index is 0.0129. The number of nitrogens with zero attached hydrogens (tertiary/aromatic N) is 2. The third kappa shape index (κ3) is 3.41. The average molecular weight is 297 g/mol. The third-order valence-corrected chi connectivity index (χ3v) is 4.07. The first kappa shape index (κ1) is 15.1. The first-order chi connectivity index (χ1) is 9.49. The minimum Gasteiger partial charge on any atom is -0.353 e. The molecule has 0 bridgehead atoms. The van der Waals surface area contributed by atoms with E-state index in [9.17, 15) is 4.79 Å². The Balaban J connectivity index is 1.93. The Bertz CT molecular complexity index is 480. The van der Waals surface area contributed by atoms with E-state index in [4.69, 9.17) is 17.3 Å². The van der Waals surface area contributed by atoms with Crippen LogP contribution in [0.2, 0.25) is 5.02 Å². The van der Waals surface area contributed by atoms with Gasteiger partial charge in [0.05, 0.1) is 5.02 Å². The topological polar surface area (TPSA) is 71.2 Å². The lowest BCUT2D eigenvalue weighted by Crippen LogP contribution is -2.44. The highest BCUT2D eigenvalue weighted by Crippen LogP contribution is 2.25. The summed E-state index contributed by atoms with van der Waals surface area (Å²) in [5.41, 5.74) is 5.75. The molecule has 0 aliphatic carbocycles. The molecule has 0 spiro atoms. The molecule has 20 heavy (non-hydrogen) atoms. The van der Waals surface area contributed by atoms with Crippen LogP contribution in [0.1, 0.15) is 20.3 Å². The second kappa shape index (κ2) is 6.41. The molecule has 6 heteroatoms. The number of rotatable bonds is 4. The monoisotopic (exact) mass is 296 g/mol. The number of nitrogens with one attached hydrogen (secondary N) is 1. The predicted molar refractivity (Wildman–Crippen MR) is 80.8 cm³/mol. The van der Waals surface area contributed by atoms with Gasteiger partial charge in [-0.1, -0.05) is 18.5 Å². The molecule has 0 aromatic carbocycles. The van der Waals surface area contributed by atoms with Gasteiger partial charge in [-0.15, -0.1) is 0 Å². The number of anilines is 1. The van der Waals surface area contributed by atoms with E-state index >= 15 is 0 Å². The third-order valence-electron chi connectivity index (χ3n) is 3.78. The van der Waals surface area contributed by atoms with Gasteiger partial charge in [-0.05, 0) is 25.5 Å². The first-order valence-corrected chi connectivity index (χ1v) is 7.28. The van der Waals surface area contributed by atoms with E-state index in [1.54, 1.807) is 6.20 Å². The number of hydrogen-bond acceptors (Lipinski definition) is 4. The van der Waals surface area contributed by atoms with E-state index in [0.717, 1.165) is 25.3 Å². The summed E-state index contributed by atoms with van der Waals surface area (Å²) in [6, 6.07) is 3.62. The SMILES string of the molecule is CC(N)C(C)C(=O)NC1CCN(c2ncccc2Cl)C1. The second-order valence-electron chi connectivity index (χ2n) is 5.40. The molecule has 2 heterocycles. The van der Waals surface area contributed by atoms with E-state index < -0.39 is 0 Å². The van der Waals surface area contributed by atoms with Crippen LogP contribution < -0.4 is 16.0 Å². The fourth-order valence-electron chi connectivity index (χ4n) is 2.25. The van der Waals surface area contributed by atoms with Crippen LogP contribution in [0.3, 0.4) is 0 Å². The summed E-state index contributed by atoms with van der Waals surface area (Å²) in [6.45, 7) is 5.27. The van der Waals surface area contributed by atoms with Gasteiger partial charge >= 0.3 is 0 Å². The maximum absolute atomic E-state index is 12.0. The molecular formula is C14H21ClN4O. The van der Waals surface area contributed by atoms with Crippen molar-refractivity contribution in [3.8, 4) is 0 Å². The van der Waals surface area contributed by atoms with Crippen LogP contribution in [-0.2, 0) is 4.79 Å². The highest BCUT2D eigenvalue weighted by molar-refractivity contribution is 6.32. The molecule has 1 aliphatic rings. The molecule has 1 fully saturated rings. The molecule has 3 atom stereocenters. The van der Waals surface area contributed by atoms with E-state index in [1.165, 1.54) is 0 Å². The molecule has 1 aliphatic heterocycles. The summed E-state index contributed by atoms with van der Waals surface area (Å²) in [5.74, 6) is 0.618. The summed E-state index contributed by atoms with van der Waals surface area (Å²) in [7, 11) is 0. The number of aromatic nitrogens is 1. The molecule has 1 saturated heterocycles. The number of carbonyl (C=O) groups excluding carboxylic acids is 1. The number of halogens is 1. The zero-order chi connectivity index (χ0) is 14.7. The van der Waals surface area contributed by atoms with Crippen LogP contribution in [0.4, 0.5) is 5.82 Å². The largest absolute Gasteiger partial charge is 0.353 e. The van der Waals surface area contributed by atoms with Crippen molar-refractivity contribution in [2.24, 2.45) is 11.7 Å². The maximum atomic E-state index is 12.0. The van der Waals surface area contributed by atoms with Crippen LogP contribution in [0.15, 0.2) is 18.3 Å². The number of amides is 1. The second-order valence-corrected chi connectivity index (χ2v) is 5.80. The van der Waals surface area contributed by atoms with Gasteiger partial charge in [0.2, 0.25) is 5.91 Å². The Morgan fingerprint density at radius 2 is 2.35 bits per heavy atom. The highest BCUT2D eigenvalue weighted by atomic mass is 35.5. The van der Waals surface area contributed by atoms with E-state index in [-0.39, 0.29) is 23.9 Å². The maximum Gasteiger partial charge on any atom is 0.224 e. The van der Waals surface area contributed by atoms with Crippen molar-refractivity contribution in [2.75, 3.05) is 18.0 Å². The lowest BCUT2D eigenvalue weighted by molar-refractivity contribution is -0.125. The van der Waals surface area contributed by atoms with Crippen molar-refractivity contribution in [2.45, 2.75) is 32.4 Å². The summed E-state index contributed by atoms with van der Waals surface area (Å²) in [4.78, 5) is 18.4. The van der Waals surface area contributed by atoms with Crippen molar-refractivity contribution in [1.29, 1.82) is 0 Å². The Hall–Kier alpha value is -1.33. The fourth-order valence-corrected chi connectivity index (χ4v) is 2.49. The molecule has 2 rings (SSSR count). The van der Waals surface area contributed by atoms with Crippen LogP contribution in [-0.4, -0.2) is 36.1 Å². The Labute approximate surface area is 124 Å². The van der Waals surface area contributed by atoms with Crippen molar-refractivity contribution in [3.63, 3.8) is 0 Å². The number of nitrogens with two attached hydrogens (primary N) is 1. The number of carbonyl (C=O) groups is 1.